The number of amides is 1. The van der Waals surface area contributed by atoms with Crippen LogP contribution in [-0.4, -0.2) is 29.5 Å². The lowest BCUT2D eigenvalue weighted by atomic mass is 9.86. The molecule has 1 amide bonds. The maximum Gasteiger partial charge on any atom is 0.339 e. The number of carbonyl (C=O) groups excluding carboxylic acids is 2. The normalized spacial score (nSPS) is 15.6. The third-order valence-corrected chi connectivity index (χ3v) is 6.06. The van der Waals surface area contributed by atoms with Gasteiger partial charge < -0.3 is 10.1 Å². The molecule has 0 aliphatic heterocycles. The molecule has 3 aromatic rings. The number of allylic oxidation sites excluding steroid dienone is 1. The monoisotopic (exact) mass is 420 g/mol. The number of esters is 1. The molecule has 2 heterocycles. The van der Waals surface area contributed by atoms with Crippen LogP contribution < -0.4 is 5.32 Å². The molecule has 0 fully saturated rings. The number of aromatic nitrogens is 1. The Morgan fingerprint density at radius 3 is 2.83 bits per heavy atom. The molecule has 5 nitrogen and oxygen atoms in total. The van der Waals surface area contributed by atoms with E-state index in [0.29, 0.717) is 12.1 Å². The third kappa shape index (κ3) is 4.00. The van der Waals surface area contributed by atoms with Gasteiger partial charge in [-0.05, 0) is 67.8 Å². The molecule has 0 unspecified atom stereocenters. The number of hydrogen-bond donors (Lipinski definition) is 1. The van der Waals surface area contributed by atoms with E-state index in [1.165, 1.54) is 4.88 Å². The van der Waals surface area contributed by atoms with Crippen molar-refractivity contribution in [2.75, 3.05) is 6.54 Å². The standard InChI is InChI=1S/C24H24N2O3S/c1-3-25-23(27)15(2)29-24(28)21-18-10-4-5-12-20(18)26-22-16(8-6-11-19(21)22)14-17-9-7-13-30-17/h4-5,7,9-10,12-15H,3,6,8,11H2,1-2H3,(H,25,27)/b16-14-/t15-/m1/s1. The molecule has 0 spiro atoms. The van der Waals surface area contributed by atoms with Crippen LogP contribution in [0.1, 0.15) is 53.2 Å². The number of pyridine rings is 1. The number of carbonyl (C=O) groups is 2. The van der Waals surface area contributed by atoms with Crippen LogP contribution in [0, 0.1) is 0 Å². The summed E-state index contributed by atoms with van der Waals surface area (Å²) in [5, 5.41) is 5.51. The lowest BCUT2D eigenvalue weighted by Gasteiger charge is -2.23. The van der Waals surface area contributed by atoms with Crippen LogP contribution in [0.2, 0.25) is 0 Å². The summed E-state index contributed by atoms with van der Waals surface area (Å²) in [7, 11) is 0. The van der Waals surface area contributed by atoms with E-state index in [9.17, 15) is 9.59 Å². The van der Waals surface area contributed by atoms with Crippen LogP contribution in [0.5, 0.6) is 0 Å². The highest BCUT2D eigenvalue weighted by atomic mass is 32.1. The van der Waals surface area contributed by atoms with Gasteiger partial charge in [-0.25, -0.2) is 9.78 Å². The Kier molecular flexibility index (Phi) is 5.95. The lowest BCUT2D eigenvalue weighted by Crippen LogP contribution is -2.35. The zero-order valence-electron chi connectivity index (χ0n) is 17.1. The van der Waals surface area contributed by atoms with Gasteiger partial charge in [-0.1, -0.05) is 24.3 Å². The summed E-state index contributed by atoms with van der Waals surface area (Å²) in [6.45, 7) is 3.92. The molecule has 0 bridgehead atoms. The molecule has 0 saturated carbocycles. The molecule has 1 atom stereocenters. The van der Waals surface area contributed by atoms with Gasteiger partial charge in [0.2, 0.25) is 0 Å². The van der Waals surface area contributed by atoms with Gasteiger partial charge in [0.15, 0.2) is 6.10 Å². The first-order valence-corrected chi connectivity index (χ1v) is 11.1. The topological polar surface area (TPSA) is 68.3 Å². The fourth-order valence-electron chi connectivity index (χ4n) is 3.84. The highest BCUT2D eigenvalue weighted by molar-refractivity contribution is 7.10. The van der Waals surface area contributed by atoms with E-state index < -0.39 is 12.1 Å². The van der Waals surface area contributed by atoms with Crippen molar-refractivity contribution in [2.24, 2.45) is 0 Å². The van der Waals surface area contributed by atoms with Crippen LogP contribution in [0.3, 0.4) is 0 Å². The van der Waals surface area contributed by atoms with Gasteiger partial charge in [-0.3, -0.25) is 4.79 Å². The van der Waals surface area contributed by atoms with E-state index in [4.69, 9.17) is 9.72 Å². The predicted molar refractivity (Wildman–Crippen MR) is 120 cm³/mol. The smallest absolute Gasteiger partial charge is 0.339 e. The second kappa shape index (κ2) is 8.79. The molecule has 30 heavy (non-hydrogen) atoms. The molecule has 154 valence electrons. The van der Waals surface area contributed by atoms with Gasteiger partial charge in [-0.2, -0.15) is 0 Å². The summed E-state index contributed by atoms with van der Waals surface area (Å²) < 4.78 is 5.57. The van der Waals surface area contributed by atoms with Crippen LogP contribution >= 0.6 is 11.3 Å². The zero-order chi connectivity index (χ0) is 21.1. The Morgan fingerprint density at radius 1 is 1.23 bits per heavy atom. The average Bonchev–Trinajstić information content (AvgIpc) is 3.25. The molecule has 0 radical (unpaired) electrons. The van der Waals surface area contributed by atoms with Gasteiger partial charge in [0, 0.05) is 16.8 Å². The third-order valence-electron chi connectivity index (χ3n) is 5.24. The van der Waals surface area contributed by atoms with Gasteiger partial charge in [0.25, 0.3) is 5.91 Å². The van der Waals surface area contributed by atoms with E-state index in [0.717, 1.165) is 47.0 Å². The first-order valence-electron chi connectivity index (χ1n) is 10.2. The number of likely N-dealkylation sites (N-methyl/N-ethyl adjacent to an activating group) is 1. The van der Waals surface area contributed by atoms with Crippen molar-refractivity contribution in [3.63, 3.8) is 0 Å². The Bertz CT molecular complexity index is 1120. The van der Waals surface area contributed by atoms with Crippen LogP contribution in [0.15, 0.2) is 41.8 Å². The maximum atomic E-state index is 13.2. The number of benzene rings is 1. The van der Waals surface area contributed by atoms with Crippen LogP contribution in [0.25, 0.3) is 22.6 Å². The van der Waals surface area contributed by atoms with Crippen LogP contribution in [-0.2, 0) is 16.0 Å². The molecule has 0 saturated heterocycles. The average molecular weight is 421 g/mol. The van der Waals surface area contributed by atoms with Crippen molar-refractivity contribution >= 4 is 45.8 Å². The quantitative estimate of drug-likeness (QED) is 0.599. The summed E-state index contributed by atoms with van der Waals surface area (Å²) in [6.07, 6.45) is 3.92. The first-order chi connectivity index (χ1) is 14.6. The summed E-state index contributed by atoms with van der Waals surface area (Å²) >= 11 is 1.68. The maximum absolute atomic E-state index is 13.2. The Hall–Kier alpha value is -2.99. The molecule has 2 aromatic heterocycles. The van der Waals surface area contributed by atoms with Crippen molar-refractivity contribution in [3.8, 4) is 0 Å². The largest absolute Gasteiger partial charge is 0.449 e. The minimum Gasteiger partial charge on any atom is -0.449 e. The van der Waals surface area contributed by atoms with E-state index in [1.54, 1.807) is 18.3 Å². The molecule has 1 aromatic carbocycles. The van der Waals surface area contributed by atoms with Crippen LogP contribution in [0.4, 0.5) is 0 Å². The van der Waals surface area contributed by atoms with E-state index >= 15 is 0 Å². The molecular weight excluding hydrogens is 396 g/mol. The molecular formula is C24H24N2O3S. The summed E-state index contributed by atoms with van der Waals surface area (Å²) in [5.74, 6) is -0.766. The highest BCUT2D eigenvalue weighted by Crippen LogP contribution is 2.37. The van der Waals surface area contributed by atoms with Gasteiger partial charge in [-0.15, -0.1) is 11.3 Å². The minimum atomic E-state index is -0.857. The Morgan fingerprint density at radius 2 is 2.07 bits per heavy atom. The number of hydrogen-bond acceptors (Lipinski definition) is 5. The fourth-order valence-corrected chi connectivity index (χ4v) is 4.53. The van der Waals surface area contributed by atoms with Crippen molar-refractivity contribution in [2.45, 2.75) is 39.2 Å². The Labute approximate surface area is 179 Å². The summed E-state index contributed by atoms with van der Waals surface area (Å²) in [6, 6.07) is 11.7. The Balaban J connectivity index is 1.81. The van der Waals surface area contributed by atoms with E-state index in [2.05, 4.69) is 22.8 Å². The van der Waals surface area contributed by atoms with Crippen molar-refractivity contribution < 1.29 is 14.3 Å². The molecule has 1 aliphatic rings. The van der Waals surface area contributed by atoms with E-state index in [1.807, 2.05) is 37.3 Å². The van der Waals surface area contributed by atoms with Gasteiger partial charge in [0.1, 0.15) is 0 Å². The summed E-state index contributed by atoms with van der Waals surface area (Å²) in [5.41, 5.74) is 4.20. The number of rotatable bonds is 5. The summed E-state index contributed by atoms with van der Waals surface area (Å²) in [4.78, 5) is 31.4. The molecule has 1 aliphatic carbocycles. The number of para-hydroxylation sites is 1. The molecule has 1 N–H and O–H groups in total. The highest BCUT2D eigenvalue weighted by Gasteiger charge is 2.28. The second-order valence-electron chi connectivity index (χ2n) is 7.31. The first kappa shape index (κ1) is 20.3. The zero-order valence-corrected chi connectivity index (χ0v) is 17.9. The van der Waals surface area contributed by atoms with Gasteiger partial charge >= 0.3 is 5.97 Å². The number of ether oxygens (including phenoxy) is 1. The van der Waals surface area contributed by atoms with Gasteiger partial charge in [0.05, 0.1) is 16.8 Å². The predicted octanol–water partition coefficient (Wildman–Crippen LogP) is 4.85. The number of fused-ring (bicyclic) bond motifs is 2. The van der Waals surface area contributed by atoms with Crippen molar-refractivity contribution in [1.82, 2.24) is 10.3 Å². The minimum absolute atomic E-state index is 0.295. The lowest BCUT2D eigenvalue weighted by molar-refractivity contribution is -0.128. The molecule has 4 rings (SSSR count). The number of nitrogens with zero attached hydrogens (tertiary/aromatic N) is 1. The van der Waals surface area contributed by atoms with Crippen molar-refractivity contribution in [3.05, 3.63) is 63.5 Å². The molecule has 6 heteroatoms. The SMILES string of the molecule is CCNC(=O)[C@@H](C)OC(=O)c1c2c(nc3ccccc13)/C(=C\c1cccs1)CCC2. The van der Waals surface area contributed by atoms with E-state index in [-0.39, 0.29) is 5.91 Å². The number of thiophene rings is 1. The number of nitrogens with one attached hydrogen (secondary N) is 1. The fraction of sp³-hybridized carbons (Fsp3) is 0.292. The van der Waals surface area contributed by atoms with Crippen molar-refractivity contribution in [1.29, 1.82) is 0 Å². The second-order valence-corrected chi connectivity index (χ2v) is 8.29.